The monoisotopic (exact) mass is 329 g/mol. The predicted molar refractivity (Wildman–Crippen MR) is 72.5 cm³/mol. The summed E-state index contributed by atoms with van der Waals surface area (Å²) in [5, 5.41) is 2.74. The number of hydrogen-bond donors (Lipinski definition) is 0. The molecule has 0 bridgehead atoms. The summed E-state index contributed by atoms with van der Waals surface area (Å²) in [5.74, 6) is 0.536. The Labute approximate surface area is 117 Å². The quantitative estimate of drug-likeness (QED) is 0.785. The van der Waals surface area contributed by atoms with Crippen LogP contribution in [0.4, 0.5) is 0 Å². The van der Waals surface area contributed by atoms with E-state index in [1.54, 1.807) is 13.2 Å². The predicted octanol–water partition coefficient (Wildman–Crippen LogP) is 3.66. The summed E-state index contributed by atoms with van der Waals surface area (Å²) in [4.78, 5) is 15.7. The summed E-state index contributed by atoms with van der Waals surface area (Å²) < 4.78 is 11.1. The number of ether oxygens (including phenoxy) is 1. The number of hydrogen-bond acceptors (Lipinski definition) is 5. The number of nitrogens with zero attached hydrogens (tertiary/aromatic N) is 1. The van der Waals surface area contributed by atoms with E-state index in [0.717, 1.165) is 20.9 Å². The first kappa shape index (κ1) is 13.3. The number of furan rings is 1. The highest BCUT2D eigenvalue weighted by atomic mass is 79.9. The fourth-order valence-electron chi connectivity index (χ4n) is 1.44. The van der Waals surface area contributed by atoms with E-state index in [1.165, 1.54) is 11.3 Å². The fourth-order valence-corrected chi connectivity index (χ4v) is 2.81. The highest BCUT2D eigenvalue weighted by Gasteiger charge is 2.12. The summed E-state index contributed by atoms with van der Waals surface area (Å²) in [5.41, 5.74) is 0.881. The minimum Gasteiger partial charge on any atom is -0.466 e. The molecule has 0 aliphatic carbocycles. The van der Waals surface area contributed by atoms with E-state index in [2.05, 4.69) is 20.9 Å². The Kier molecular flexibility index (Phi) is 4.54. The van der Waals surface area contributed by atoms with Gasteiger partial charge in [0, 0.05) is 11.8 Å². The van der Waals surface area contributed by atoms with Gasteiger partial charge in [-0.15, -0.1) is 11.3 Å². The smallest absolute Gasteiger partial charge is 0.306 e. The van der Waals surface area contributed by atoms with Crippen molar-refractivity contribution in [2.75, 3.05) is 6.61 Å². The van der Waals surface area contributed by atoms with Gasteiger partial charge in [0.05, 0.1) is 29.5 Å². The normalized spacial score (nSPS) is 10.6. The van der Waals surface area contributed by atoms with Crippen LogP contribution in [0, 0.1) is 0 Å². The number of aryl methyl sites for hydroxylation is 1. The number of aromatic nitrogens is 1. The first-order valence-corrected chi connectivity index (χ1v) is 7.21. The molecular formula is C12H12BrNO3S. The van der Waals surface area contributed by atoms with Crippen molar-refractivity contribution in [1.29, 1.82) is 0 Å². The number of halogens is 1. The lowest BCUT2D eigenvalue weighted by Crippen LogP contribution is -2.05. The zero-order chi connectivity index (χ0) is 13.0. The van der Waals surface area contributed by atoms with Crippen LogP contribution in [0.1, 0.15) is 19.0 Å². The van der Waals surface area contributed by atoms with Gasteiger partial charge in [-0.2, -0.15) is 0 Å². The van der Waals surface area contributed by atoms with E-state index >= 15 is 0 Å². The minimum absolute atomic E-state index is 0.189. The van der Waals surface area contributed by atoms with Crippen molar-refractivity contribution in [3.8, 4) is 10.8 Å². The standard InChI is InChI=1S/C12H12BrNO3S/c1-2-16-10(15)4-3-8-7-18-12(14-8)11-9(13)5-6-17-11/h5-7H,2-4H2,1H3. The highest BCUT2D eigenvalue weighted by Crippen LogP contribution is 2.31. The number of carbonyl (C=O) groups is 1. The SMILES string of the molecule is CCOC(=O)CCc1csc(-c2occc2Br)n1. The average Bonchev–Trinajstić information content (AvgIpc) is 2.95. The molecule has 2 aromatic heterocycles. The van der Waals surface area contributed by atoms with E-state index in [-0.39, 0.29) is 5.97 Å². The second-order valence-corrected chi connectivity index (χ2v) is 5.26. The molecule has 6 heteroatoms. The van der Waals surface area contributed by atoms with E-state index < -0.39 is 0 Å². The molecule has 18 heavy (non-hydrogen) atoms. The molecule has 0 saturated carbocycles. The van der Waals surface area contributed by atoms with E-state index in [4.69, 9.17) is 9.15 Å². The molecule has 0 aliphatic rings. The molecule has 0 atom stereocenters. The fraction of sp³-hybridized carbons (Fsp3) is 0.333. The maximum absolute atomic E-state index is 11.2. The summed E-state index contributed by atoms with van der Waals surface area (Å²) in [6.07, 6.45) is 2.56. The Morgan fingerprint density at radius 3 is 3.11 bits per heavy atom. The molecule has 0 spiro atoms. The topological polar surface area (TPSA) is 52.3 Å². The van der Waals surface area contributed by atoms with Gasteiger partial charge in [-0.1, -0.05) is 0 Å². The van der Waals surface area contributed by atoms with Gasteiger partial charge in [0.25, 0.3) is 0 Å². The van der Waals surface area contributed by atoms with Crippen LogP contribution in [0.25, 0.3) is 10.8 Å². The maximum Gasteiger partial charge on any atom is 0.306 e. The number of rotatable bonds is 5. The third kappa shape index (κ3) is 3.20. The Balaban J connectivity index is 1.99. The maximum atomic E-state index is 11.2. The summed E-state index contributed by atoms with van der Waals surface area (Å²) in [6, 6.07) is 1.83. The zero-order valence-electron chi connectivity index (χ0n) is 9.81. The van der Waals surface area contributed by atoms with Crippen LogP contribution < -0.4 is 0 Å². The van der Waals surface area contributed by atoms with Crippen molar-refractivity contribution >= 4 is 33.2 Å². The average molecular weight is 330 g/mol. The minimum atomic E-state index is -0.189. The molecule has 0 saturated heterocycles. The molecule has 0 N–H and O–H groups in total. The Hall–Kier alpha value is -1.14. The summed E-state index contributed by atoms with van der Waals surface area (Å²) in [6.45, 7) is 2.22. The second-order valence-electron chi connectivity index (χ2n) is 3.55. The molecule has 2 aromatic rings. The molecule has 4 nitrogen and oxygen atoms in total. The second kappa shape index (κ2) is 6.15. The van der Waals surface area contributed by atoms with Gasteiger partial charge < -0.3 is 9.15 Å². The van der Waals surface area contributed by atoms with Crippen LogP contribution in [-0.4, -0.2) is 17.6 Å². The van der Waals surface area contributed by atoms with E-state index in [9.17, 15) is 4.79 Å². The van der Waals surface area contributed by atoms with Gasteiger partial charge >= 0.3 is 5.97 Å². The molecule has 2 rings (SSSR count). The van der Waals surface area contributed by atoms with Crippen molar-refractivity contribution in [2.45, 2.75) is 19.8 Å². The number of carbonyl (C=O) groups excluding carboxylic acids is 1. The van der Waals surface area contributed by atoms with Crippen LogP contribution in [0.15, 0.2) is 26.6 Å². The van der Waals surface area contributed by atoms with Gasteiger partial charge in [0.15, 0.2) is 10.8 Å². The number of thiazole rings is 1. The van der Waals surface area contributed by atoms with Crippen LogP contribution in [0.2, 0.25) is 0 Å². The Morgan fingerprint density at radius 1 is 1.61 bits per heavy atom. The van der Waals surface area contributed by atoms with Gasteiger partial charge in [-0.05, 0) is 28.9 Å². The lowest BCUT2D eigenvalue weighted by Gasteiger charge is -1.99. The third-order valence-corrected chi connectivity index (χ3v) is 3.77. The Bertz CT molecular complexity index is 535. The number of esters is 1. The summed E-state index contributed by atoms with van der Waals surface area (Å²) in [7, 11) is 0. The molecule has 0 aliphatic heterocycles. The van der Waals surface area contributed by atoms with Crippen LogP contribution >= 0.6 is 27.3 Å². The van der Waals surface area contributed by atoms with Gasteiger partial charge in [0.2, 0.25) is 0 Å². The first-order chi connectivity index (χ1) is 8.70. The van der Waals surface area contributed by atoms with Crippen molar-refractivity contribution in [3.63, 3.8) is 0 Å². The third-order valence-electron chi connectivity index (χ3n) is 2.25. The largest absolute Gasteiger partial charge is 0.466 e. The molecule has 0 radical (unpaired) electrons. The lowest BCUT2D eigenvalue weighted by atomic mass is 10.2. The highest BCUT2D eigenvalue weighted by molar-refractivity contribution is 9.10. The van der Waals surface area contributed by atoms with Crippen LogP contribution in [0.5, 0.6) is 0 Å². The lowest BCUT2D eigenvalue weighted by molar-refractivity contribution is -0.143. The van der Waals surface area contributed by atoms with Gasteiger partial charge in [0.1, 0.15) is 0 Å². The molecular weight excluding hydrogens is 318 g/mol. The van der Waals surface area contributed by atoms with E-state index in [0.29, 0.717) is 19.4 Å². The molecule has 0 unspecified atom stereocenters. The van der Waals surface area contributed by atoms with Gasteiger partial charge in [-0.3, -0.25) is 4.79 Å². The van der Waals surface area contributed by atoms with Crippen molar-refractivity contribution in [2.24, 2.45) is 0 Å². The summed E-state index contributed by atoms with van der Waals surface area (Å²) >= 11 is 4.89. The van der Waals surface area contributed by atoms with Gasteiger partial charge in [-0.25, -0.2) is 4.98 Å². The van der Waals surface area contributed by atoms with Crippen molar-refractivity contribution in [1.82, 2.24) is 4.98 Å². The zero-order valence-corrected chi connectivity index (χ0v) is 12.2. The van der Waals surface area contributed by atoms with E-state index in [1.807, 2.05) is 11.4 Å². The molecule has 2 heterocycles. The molecule has 96 valence electrons. The van der Waals surface area contributed by atoms with Crippen LogP contribution in [0.3, 0.4) is 0 Å². The van der Waals surface area contributed by atoms with Crippen LogP contribution in [-0.2, 0) is 16.0 Å². The van der Waals surface area contributed by atoms with Crippen molar-refractivity contribution in [3.05, 3.63) is 27.9 Å². The molecule has 0 amide bonds. The first-order valence-electron chi connectivity index (χ1n) is 5.54. The molecule has 0 aromatic carbocycles. The van der Waals surface area contributed by atoms with Crippen molar-refractivity contribution < 1.29 is 13.9 Å². The Morgan fingerprint density at radius 2 is 2.44 bits per heavy atom. The molecule has 0 fully saturated rings.